The first-order valence-corrected chi connectivity index (χ1v) is 10.3. The van der Waals surface area contributed by atoms with Gasteiger partial charge in [-0.1, -0.05) is 12.1 Å². The summed E-state index contributed by atoms with van der Waals surface area (Å²) in [6.07, 6.45) is -0.274. The van der Waals surface area contributed by atoms with Crippen LogP contribution < -0.4 is 19.7 Å². The van der Waals surface area contributed by atoms with Gasteiger partial charge < -0.3 is 24.8 Å². The van der Waals surface area contributed by atoms with Crippen molar-refractivity contribution in [2.75, 3.05) is 50.6 Å². The fraction of sp³-hybridized carbons (Fsp3) is 0.364. The highest BCUT2D eigenvalue weighted by molar-refractivity contribution is 5.95. The molecule has 2 aromatic carbocycles. The van der Waals surface area contributed by atoms with Crippen molar-refractivity contribution < 1.29 is 29.1 Å². The Morgan fingerprint density at radius 2 is 1.76 bits per heavy atom. The third-order valence-corrected chi connectivity index (χ3v) is 5.51. The predicted molar refractivity (Wildman–Crippen MR) is 121 cm³/mol. The number of anilines is 2. The zero-order valence-corrected chi connectivity index (χ0v) is 18.4. The van der Waals surface area contributed by atoms with Gasteiger partial charge in [0, 0.05) is 32.2 Å². The fourth-order valence-electron chi connectivity index (χ4n) is 3.81. The van der Waals surface area contributed by atoms with Crippen molar-refractivity contribution in [1.82, 2.24) is 4.90 Å². The second-order valence-corrected chi connectivity index (χ2v) is 7.44. The Balaban J connectivity index is 1.64. The molecular weight excluding hydrogens is 432 g/mol. The van der Waals surface area contributed by atoms with Crippen molar-refractivity contribution in [3.05, 3.63) is 52.6 Å². The number of carbonyl (C=O) groups is 2. The lowest BCUT2D eigenvalue weighted by Gasteiger charge is -2.39. The van der Waals surface area contributed by atoms with Crippen molar-refractivity contribution in [1.29, 1.82) is 0 Å². The first-order valence-electron chi connectivity index (χ1n) is 10.3. The van der Waals surface area contributed by atoms with Crippen LogP contribution in [-0.2, 0) is 9.59 Å². The van der Waals surface area contributed by atoms with E-state index in [9.17, 15) is 24.8 Å². The number of ether oxygens (including phenoxy) is 2. The molecule has 1 unspecified atom stereocenters. The number of benzene rings is 2. The number of nitro groups is 1. The van der Waals surface area contributed by atoms with E-state index in [1.54, 1.807) is 12.0 Å². The van der Waals surface area contributed by atoms with Gasteiger partial charge in [0.2, 0.25) is 5.91 Å². The zero-order chi connectivity index (χ0) is 24.0. The molecule has 1 aliphatic heterocycles. The summed E-state index contributed by atoms with van der Waals surface area (Å²) in [5, 5.41) is 23.3. The van der Waals surface area contributed by atoms with E-state index < -0.39 is 22.8 Å². The molecule has 2 N–H and O–H groups in total. The van der Waals surface area contributed by atoms with E-state index in [0.29, 0.717) is 26.2 Å². The molecule has 1 atom stereocenters. The van der Waals surface area contributed by atoms with Crippen LogP contribution in [0.3, 0.4) is 0 Å². The Bertz CT molecular complexity index is 1020. The van der Waals surface area contributed by atoms with Crippen LogP contribution in [0.2, 0.25) is 0 Å². The largest absolute Gasteiger partial charge is 0.495 e. The number of carboxylic acids is 1. The summed E-state index contributed by atoms with van der Waals surface area (Å²) in [6, 6.07) is 10.4. The van der Waals surface area contributed by atoms with Crippen molar-refractivity contribution in [3.63, 3.8) is 0 Å². The molecule has 2 aromatic rings. The van der Waals surface area contributed by atoms with Gasteiger partial charge in [-0.2, -0.15) is 0 Å². The van der Waals surface area contributed by atoms with Crippen LogP contribution in [0.5, 0.6) is 11.5 Å². The standard InChI is InChI=1S/C22H26N4O7/c1-32-19-6-4-3-5-17(19)24-9-11-25(12-10-24)18(22(28)29)14-21(27)23-16-8-7-15(26(30)31)13-20(16)33-2/h3-8,13,18H,9-12,14H2,1-2H3,(H,23,27)(H,28,29). The number of para-hydroxylation sites is 2. The SMILES string of the molecule is COc1cc([N+](=O)[O-])ccc1NC(=O)CC(C(=O)O)N1CCN(c2ccccc2OC)CC1. The van der Waals surface area contributed by atoms with E-state index in [1.807, 2.05) is 24.3 Å². The number of nitro benzene ring substituents is 1. The van der Waals surface area contributed by atoms with E-state index in [0.717, 1.165) is 11.4 Å². The normalized spacial score (nSPS) is 14.9. The summed E-state index contributed by atoms with van der Waals surface area (Å²) < 4.78 is 10.5. The Morgan fingerprint density at radius 3 is 2.36 bits per heavy atom. The first-order chi connectivity index (χ1) is 15.8. The molecule has 11 heteroatoms. The molecular formula is C22H26N4O7. The van der Waals surface area contributed by atoms with Crippen LogP contribution in [0.4, 0.5) is 17.1 Å². The molecule has 176 valence electrons. The van der Waals surface area contributed by atoms with Crippen molar-refractivity contribution in [2.24, 2.45) is 0 Å². The monoisotopic (exact) mass is 458 g/mol. The van der Waals surface area contributed by atoms with Crippen LogP contribution in [0, 0.1) is 10.1 Å². The minimum Gasteiger partial charge on any atom is -0.495 e. The zero-order valence-electron chi connectivity index (χ0n) is 18.4. The highest BCUT2D eigenvalue weighted by Crippen LogP contribution is 2.30. The van der Waals surface area contributed by atoms with Gasteiger partial charge in [-0.3, -0.25) is 24.6 Å². The summed E-state index contributed by atoms with van der Waals surface area (Å²) in [4.78, 5) is 38.8. The number of amides is 1. The topological polar surface area (TPSA) is 134 Å². The van der Waals surface area contributed by atoms with E-state index in [1.165, 1.54) is 25.3 Å². The smallest absolute Gasteiger partial charge is 0.321 e. The van der Waals surface area contributed by atoms with Gasteiger partial charge in [0.15, 0.2) is 0 Å². The van der Waals surface area contributed by atoms with Gasteiger partial charge in [-0.25, -0.2) is 0 Å². The van der Waals surface area contributed by atoms with Crippen molar-refractivity contribution in [3.8, 4) is 11.5 Å². The number of rotatable bonds is 9. The number of non-ortho nitro benzene ring substituents is 1. The molecule has 1 fully saturated rings. The number of methoxy groups -OCH3 is 2. The van der Waals surface area contributed by atoms with Gasteiger partial charge in [0.05, 0.1) is 43.0 Å². The van der Waals surface area contributed by atoms with Gasteiger partial charge in [-0.15, -0.1) is 0 Å². The van der Waals surface area contributed by atoms with Crippen molar-refractivity contribution in [2.45, 2.75) is 12.5 Å². The molecule has 0 spiro atoms. The van der Waals surface area contributed by atoms with E-state index >= 15 is 0 Å². The van der Waals surface area contributed by atoms with E-state index in [4.69, 9.17) is 9.47 Å². The molecule has 33 heavy (non-hydrogen) atoms. The average Bonchev–Trinajstić information content (AvgIpc) is 2.82. The van der Waals surface area contributed by atoms with E-state index in [2.05, 4.69) is 10.2 Å². The van der Waals surface area contributed by atoms with Crippen LogP contribution in [0.15, 0.2) is 42.5 Å². The highest BCUT2D eigenvalue weighted by atomic mass is 16.6. The molecule has 1 heterocycles. The van der Waals surface area contributed by atoms with Crippen LogP contribution in [0.25, 0.3) is 0 Å². The number of nitrogens with one attached hydrogen (secondary N) is 1. The Kier molecular flexibility index (Phi) is 7.67. The number of carboxylic acid groups (broad SMARTS) is 1. The highest BCUT2D eigenvalue weighted by Gasteiger charge is 2.31. The maximum Gasteiger partial charge on any atom is 0.321 e. The molecule has 11 nitrogen and oxygen atoms in total. The predicted octanol–water partition coefficient (Wildman–Crippen LogP) is 2.22. The Morgan fingerprint density at radius 1 is 1.09 bits per heavy atom. The Labute approximate surface area is 190 Å². The number of aliphatic carboxylic acids is 1. The fourth-order valence-corrected chi connectivity index (χ4v) is 3.81. The third-order valence-electron chi connectivity index (χ3n) is 5.51. The number of nitrogens with zero attached hydrogens (tertiary/aromatic N) is 3. The molecule has 0 saturated carbocycles. The number of hydrogen-bond donors (Lipinski definition) is 2. The minimum absolute atomic E-state index is 0.120. The third kappa shape index (κ3) is 5.69. The molecule has 3 rings (SSSR count). The quantitative estimate of drug-likeness (QED) is 0.428. The number of carbonyl (C=O) groups excluding carboxylic acids is 1. The average molecular weight is 458 g/mol. The minimum atomic E-state index is -1.09. The molecule has 0 aromatic heterocycles. The number of hydrogen-bond acceptors (Lipinski definition) is 8. The molecule has 1 amide bonds. The van der Waals surface area contributed by atoms with Gasteiger partial charge in [-0.05, 0) is 18.2 Å². The number of piperazine rings is 1. The van der Waals surface area contributed by atoms with Gasteiger partial charge in [0.25, 0.3) is 5.69 Å². The lowest BCUT2D eigenvalue weighted by Crippen LogP contribution is -2.53. The second-order valence-electron chi connectivity index (χ2n) is 7.44. The van der Waals surface area contributed by atoms with Crippen LogP contribution in [-0.4, -0.2) is 73.2 Å². The van der Waals surface area contributed by atoms with Crippen LogP contribution in [0.1, 0.15) is 6.42 Å². The van der Waals surface area contributed by atoms with Crippen molar-refractivity contribution >= 4 is 28.9 Å². The summed E-state index contributed by atoms with van der Waals surface area (Å²) in [5.41, 5.74) is 0.994. The summed E-state index contributed by atoms with van der Waals surface area (Å²) in [7, 11) is 2.93. The molecule has 1 saturated heterocycles. The summed E-state index contributed by atoms with van der Waals surface area (Å²) >= 11 is 0. The molecule has 0 radical (unpaired) electrons. The molecule has 0 bridgehead atoms. The maximum atomic E-state index is 12.6. The summed E-state index contributed by atoms with van der Waals surface area (Å²) in [5.74, 6) is -0.750. The lowest BCUT2D eigenvalue weighted by molar-refractivity contribution is -0.384. The second kappa shape index (κ2) is 10.6. The summed E-state index contributed by atoms with van der Waals surface area (Å²) in [6.45, 7) is 2.09. The molecule has 1 aliphatic rings. The maximum absolute atomic E-state index is 12.6. The first kappa shape index (κ1) is 23.8. The van der Waals surface area contributed by atoms with E-state index in [-0.39, 0.29) is 23.5 Å². The van der Waals surface area contributed by atoms with Crippen LogP contribution >= 0.6 is 0 Å². The molecule has 0 aliphatic carbocycles. The lowest BCUT2D eigenvalue weighted by atomic mass is 10.1. The Hall–Kier alpha value is -3.86. The van der Waals surface area contributed by atoms with Gasteiger partial charge >= 0.3 is 5.97 Å². The van der Waals surface area contributed by atoms with Gasteiger partial charge in [0.1, 0.15) is 17.5 Å².